The zero-order valence-electron chi connectivity index (χ0n) is 17.3. The van der Waals surface area contributed by atoms with Gasteiger partial charge in [-0.1, -0.05) is 20.8 Å². The lowest BCUT2D eigenvalue weighted by Gasteiger charge is -2.43. The third kappa shape index (κ3) is 4.53. The molecule has 0 amide bonds. The van der Waals surface area contributed by atoms with Crippen LogP contribution < -0.4 is 4.74 Å². The minimum Gasteiger partial charge on any atom is -0.475 e. The van der Waals surface area contributed by atoms with Gasteiger partial charge < -0.3 is 18.3 Å². The van der Waals surface area contributed by atoms with Crippen LogP contribution in [-0.4, -0.2) is 47.7 Å². The van der Waals surface area contributed by atoms with Crippen LogP contribution >= 0.6 is 0 Å². The topological polar surface area (TPSA) is 110 Å². The summed E-state index contributed by atoms with van der Waals surface area (Å²) in [5, 5.41) is -10.7. The molecular formula is C17H22F4NO7S2-. The quantitative estimate of drug-likeness (QED) is 0.561. The van der Waals surface area contributed by atoms with Gasteiger partial charge in [-0.05, 0) is 23.1 Å². The molecule has 1 heterocycles. The van der Waals surface area contributed by atoms with Gasteiger partial charge in [0.1, 0.15) is 5.75 Å². The second-order valence-corrected chi connectivity index (χ2v) is 11.5. The molecule has 1 fully saturated rings. The Labute approximate surface area is 178 Å². The summed E-state index contributed by atoms with van der Waals surface area (Å²) in [6.45, 7) is 4.92. The molecule has 178 valence electrons. The van der Waals surface area contributed by atoms with Gasteiger partial charge >= 0.3 is 10.5 Å². The Morgan fingerprint density at radius 2 is 1.29 bits per heavy atom. The van der Waals surface area contributed by atoms with Gasteiger partial charge in [0.05, 0.1) is 13.2 Å². The predicted molar refractivity (Wildman–Crippen MR) is 102 cm³/mol. The van der Waals surface area contributed by atoms with Crippen LogP contribution in [0.5, 0.6) is 5.75 Å². The Hall–Kier alpha value is -1.48. The molecule has 0 saturated carbocycles. The van der Waals surface area contributed by atoms with E-state index in [0.29, 0.717) is 5.56 Å². The standard InChI is InChI=1S/C17H22F4NO7S2/c1-15(2,3)12-6-10(8-27-4)13(11(7-12)9-28-5)29-14-16(18,19)30(23,24)22-31(25,26)17(14,20)21/h6-7,14H,8-9H2,1-5H3/q-1. The average Bonchev–Trinajstić information content (AvgIpc) is 2.58. The Morgan fingerprint density at radius 1 is 0.903 bits per heavy atom. The number of sulfonamides is 2. The zero-order chi connectivity index (χ0) is 24.0. The van der Waals surface area contributed by atoms with Crippen LogP contribution in [0.25, 0.3) is 4.13 Å². The monoisotopic (exact) mass is 492 g/mol. The third-order valence-electron chi connectivity index (χ3n) is 4.44. The Morgan fingerprint density at radius 3 is 1.61 bits per heavy atom. The molecule has 0 unspecified atom stereocenters. The summed E-state index contributed by atoms with van der Waals surface area (Å²) in [6, 6.07) is 2.90. The number of methoxy groups -OCH3 is 2. The van der Waals surface area contributed by atoms with Crippen molar-refractivity contribution in [1.82, 2.24) is 0 Å². The Balaban J connectivity index is 2.77. The number of hydrogen-bond donors (Lipinski definition) is 0. The van der Waals surface area contributed by atoms with Gasteiger partial charge in [0.2, 0.25) is 0 Å². The maximum absolute atomic E-state index is 14.5. The van der Waals surface area contributed by atoms with Crippen molar-refractivity contribution < 1.29 is 48.6 Å². The molecule has 14 heteroatoms. The second-order valence-electron chi connectivity index (χ2n) is 7.89. The van der Waals surface area contributed by atoms with E-state index >= 15 is 0 Å². The van der Waals surface area contributed by atoms with Crippen LogP contribution in [0.2, 0.25) is 0 Å². The van der Waals surface area contributed by atoms with E-state index in [1.54, 1.807) is 4.13 Å². The summed E-state index contributed by atoms with van der Waals surface area (Å²) in [5.74, 6) is -0.589. The summed E-state index contributed by atoms with van der Waals surface area (Å²) < 4.78 is 121. The SMILES string of the molecule is COCc1cc(C(C)(C)C)cc(COC)c1OC1C(F)(F)S(=O)(=O)[N-]S(=O)(=O)C1(F)F. The van der Waals surface area contributed by atoms with Crippen molar-refractivity contribution in [2.24, 2.45) is 0 Å². The van der Waals surface area contributed by atoms with Crippen molar-refractivity contribution in [2.75, 3.05) is 14.2 Å². The molecule has 8 nitrogen and oxygen atoms in total. The highest BCUT2D eigenvalue weighted by atomic mass is 32.3. The molecule has 1 saturated heterocycles. The molecule has 0 bridgehead atoms. The first kappa shape index (κ1) is 25.8. The highest BCUT2D eigenvalue weighted by molar-refractivity contribution is 8.13. The van der Waals surface area contributed by atoms with Crippen LogP contribution in [0.15, 0.2) is 12.1 Å². The number of nitrogens with zero attached hydrogens (tertiary/aromatic N) is 1. The highest BCUT2D eigenvalue weighted by Gasteiger charge is 2.70. The maximum Gasteiger partial charge on any atom is 0.372 e. The molecule has 1 aromatic rings. The maximum atomic E-state index is 14.5. The van der Waals surface area contributed by atoms with Crippen molar-refractivity contribution in [3.63, 3.8) is 0 Å². The predicted octanol–water partition coefficient (Wildman–Crippen LogP) is 3.26. The van der Waals surface area contributed by atoms with Crippen LogP contribution in [0.3, 0.4) is 0 Å². The summed E-state index contributed by atoms with van der Waals surface area (Å²) in [4.78, 5) is 0. The second kappa shape index (κ2) is 8.14. The molecule has 0 N–H and O–H groups in total. The molecule has 1 aliphatic rings. The normalized spacial score (nSPS) is 22.2. The van der Waals surface area contributed by atoms with E-state index in [-0.39, 0.29) is 24.3 Å². The number of alkyl halides is 4. The molecule has 0 radical (unpaired) electrons. The van der Waals surface area contributed by atoms with E-state index in [4.69, 9.17) is 14.2 Å². The van der Waals surface area contributed by atoms with Crippen molar-refractivity contribution in [3.05, 3.63) is 33.0 Å². The molecule has 0 atom stereocenters. The van der Waals surface area contributed by atoms with E-state index in [1.807, 2.05) is 20.8 Å². The minimum atomic E-state index is -6.15. The first-order chi connectivity index (χ1) is 13.9. The lowest BCUT2D eigenvalue weighted by molar-refractivity contribution is -0.125. The summed E-state index contributed by atoms with van der Waals surface area (Å²) >= 11 is 0. The number of hydrogen-bond acceptors (Lipinski definition) is 7. The van der Waals surface area contributed by atoms with Crippen molar-refractivity contribution in [3.8, 4) is 5.75 Å². The van der Waals surface area contributed by atoms with E-state index in [1.165, 1.54) is 26.4 Å². The van der Waals surface area contributed by atoms with Gasteiger partial charge in [0.25, 0.3) is 6.10 Å². The first-order valence-corrected chi connectivity index (χ1v) is 11.6. The fraction of sp³-hybridized carbons (Fsp3) is 0.647. The van der Waals surface area contributed by atoms with E-state index < -0.39 is 47.8 Å². The van der Waals surface area contributed by atoms with E-state index in [9.17, 15) is 34.4 Å². The van der Waals surface area contributed by atoms with Gasteiger partial charge in [0.15, 0.2) is 20.0 Å². The summed E-state index contributed by atoms with van der Waals surface area (Å²) in [6.07, 6.45) is -3.89. The first-order valence-electron chi connectivity index (χ1n) is 8.72. The van der Waals surface area contributed by atoms with Crippen LogP contribution in [0, 0.1) is 0 Å². The van der Waals surface area contributed by atoms with Gasteiger partial charge in [-0.2, -0.15) is 17.6 Å². The molecule has 2 rings (SSSR count). The number of halogens is 4. The number of ether oxygens (including phenoxy) is 3. The zero-order valence-corrected chi connectivity index (χ0v) is 18.9. The lowest BCUT2D eigenvalue weighted by atomic mass is 9.84. The highest BCUT2D eigenvalue weighted by Crippen LogP contribution is 2.51. The molecule has 1 aliphatic heterocycles. The van der Waals surface area contributed by atoms with Crippen LogP contribution in [0.1, 0.15) is 37.5 Å². The largest absolute Gasteiger partial charge is 0.475 e. The fourth-order valence-corrected chi connectivity index (χ4v) is 5.65. The fourth-order valence-electron chi connectivity index (χ4n) is 2.81. The van der Waals surface area contributed by atoms with Crippen molar-refractivity contribution >= 4 is 20.0 Å². The number of rotatable bonds is 6. The molecule has 0 aliphatic carbocycles. The van der Waals surface area contributed by atoms with Gasteiger partial charge in [-0.15, -0.1) is 0 Å². The molecule has 0 spiro atoms. The smallest absolute Gasteiger partial charge is 0.372 e. The summed E-state index contributed by atoms with van der Waals surface area (Å²) in [5.41, 5.74) is 0.224. The third-order valence-corrected chi connectivity index (χ3v) is 7.81. The van der Waals surface area contributed by atoms with Crippen molar-refractivity contribution in [2.45, 2.75) is 56.0 Å². The average molecular weight is 492 g/mol. The van der Waals surface area contributed by atoms with Crippen LogP contribution in [-0.2, 0) is 48.1 Å². The van der Waals surface area contributed by atoms with Gasteiger partial charge in [0, 0.05) is 25.3 Å². The molecular weight excluding hydrogens is 470 g/mol. The molecule has 31 heavy (non-hydrogen) atoms. The minimum absolute atomic E-state index is 0.0193. The van der Waals surface area contributed by atoms with Gasteiger partial charge in [-0.3, -0.25) is 0 Å². The Bertz CT molecular complexity index is 980. The van der Waals surface area contributed by atoms with E-state index in [2.05, 4.69) is 0 Å². The van der Waals surface area contributed by atoms with E-state index in [0.717, 1.165) is 0 Å². The summed E-state index contributed by atoms with van der Waals surface area (Å²) in [7, 11) is -9.81. The Kier molecular flexibility index (Phi) is 6.77. The number of benzene rings is 1. The van der Waals surface area contributed by atoms with Gasteiger partial charge in [-0.25, -0.2) is 16.8 Å². The lowest BCUT2D eigenvalue weighted by Crippen LogP contribution is -2.61. The molecule has 0 aromatic heterocycles. The van der Waals surface area contributed by atoms with Crippen molar-refractivity contribution in [1.29, 1.82) is 0 Å². The van der Waals surface area contributed by atoms with Crippen LogP contribution in [0.4, 0.5) is 17.6 Å². The molecule has 1 aromatic carbocycles.